The van der Waals surface area contributed by atoms with Crippen LogP contribution in [0.4, 0.5) is 0 Å². The Hall–Kier alpha value is -1.06. The van der Waals surface area contributed by atoms with Crippen LogP contribution in [0.3, 0.4) is 0 Å². The molecule has 3 nitrogen and oxygen atoms in total. The van der Waals surface area contributed by atoms with Gasteiger partial charge in [-0.2, -0.15) is 0 Å². The molecule has 0 aliphatic heterocycles. The molecule has 18 heavy (non-hydrogen) atoms. The minimum absolute atomic E-state index is 0.0852. The molecule has 0 aromatic heterocycles. The van der Waals surface area contributed by atoms with E-state index in [4.69, 9.17) is 10.5 Å². The molecule has 0 fully saturated rings. The Balaban J connectivity index is 2.48. The highest BCUT2D eigenvalue weighted by atomic mass is 16.5. The Labute approximate surface area is 111 Å². The molecule has 0 amide bonds. The fourth-order valence-electron chi connectivity index (χ4n) is 1.75. The van der Waals surface area contributed by atoms with Crippen molar-refractivity contribution in [1.82, 2.24) is 5.32 Å². The highest BCUT2D eigenvalue weighted by molar-refractivity contribution is 5.27. The van der Waals surface area contributed by atoms with Crippen LogP contribution in [-0.4, -0.2) is 18.2 Å². The van der Waals surface area contributed by atoms with Gasteiger partial charge in [-0.3, -0.25) is 0 Å². The highest BCUT2D eigenvalue weighted by Gasteiger charge is 2.15. The van der Waals surface area contributed by atoms with Gasteiger partial charge in [-0.25, -0.2) is 0 Å². The lowest BCUT2D eigenvalue weighted by Gasteiger charge is -2.25. The number of nitrogens with one attached hydrogen (secondary N) is 1. The number of hydrogen-bond donors (Lipinski definition) is 2. The summed E-state index contributed by atoms with van der Waals surface area (Å²) in [7, 11) is 0. The van der Waals surface area contributed by atoms with Crippen LogP contribution in [0.25, 0.3) is 0 Å². The second-order valence-electron chi connectivity index (χ2n) is 5.59. The molecule has 0 saturated carbocycles. The van der Waals surface area contributed by atoms with Gasteiger partial charge in [0, 0.05) is 12.1 Å². The molecule has 1 aromatic rings. The lowest BCUT2D eigenvalue weighted by Crippen LogP contribution is -2.40. The smallest absolute Gasteiger partial charge is 0.119 e. The molecule has 0 heterocycles. The van der Waals surface area contributed by atoms with Gasteiger partial charge in [0.2, 0.25) is 0 Å². The molecule has 0 saturated heterocycles. The molecule has 1 aromatic carbocycles. The predicted molar refractivity (Wildman–Crippen MR) is 76.8 cm³/mol. The van der Waals surface area contributed by atoms with Crippen molar-refractivity contribution >= 4 is 0 Å². The van der Waals surface area contributed by atoms with E-state index in [2.05, 4.69) is 31.3 Å². The monoisotopic (exact) mass is 250 g/mol. The fourth-order valence-corrected chi connectivity index (χ4v) is 1.75. The van der Waals surface area contributed by atoms with Crippen molar-refractivity contribution in [3.8, 4) is 5.75 Å². The molecule has 0 atom stereocenters. The van der Waals surface area contributed by atoms with Gasteiger partial charge in [0.15, 0.2) is 0 Å². The second-order valence-corrected chi connectivity index (χ2v) is 5.59. The predicted octanol–water partition coefficient (Wildman–Crippen LogP) is 2.69. The van der Waals surface area contributed by atoms with Crippen LogP contribution >= 0.6 is 0 Å². The summed E-state index contributed by atoms with van der Waals surface area (Å²) >= 11 is 0. The minimum Gasteiger partial charge on any atom is -0.491 e. The van der Waals surface area contributed by atoms with E-state index in [1.165, 1.54) is 5.56 Å². The summed E-state index contributed by atoms with van der Waals surface area (Å²) in [6.45, 7) is 9.98. The molecule has 102 valence electrons. The summed E-state index contributed by atoms with van der Waals surface area (Å²) < 4.78 is 5.62. The lowest BCUT2D eigenvalue weighted by atomic mass is 10.0. The van der Waals surface area contributed by atoms with Crippen LogP contribution in [-0.2, 0) is 6.54 Å². The van der Waals surface area contributed by atoms with Crippen LogP contribution in [0.15, 0.2) is 24.3 Å². The van der Waals surface area contributed by atoms with E-state index in [-0.39, 0.29) is 11.6 Å². The standard InChI is InChI=1S/C15H26N2O/c1-12(2)18-14-7-5-13(6-8-14)11-17-15(3,4)9-10-16/h5-8,12,17H,9-11,16H2,1-4H3. The van der Waals surface area contributed by atoms with Gasteiger partial charge in [0.1, 0.15) is 5.75 Å². The molecule has 0 bridgehead atoms. The first-order chi connectivity index (χ1) is 8.43. The van der Waals surface area contributed by atoms with Crippen LogP contribution in [0.2, 0.25) is 0 Å². The van der Waals surface area contributed by atoms with E-state index in [1.807, 2.05) is 26.0 Å². The van der Waals surface area contributed by atoms with Gasteiger partial charge in [0.05, 0.1) is 6.10 Å². The SMILES string of the molecule is CC(C)Oc1ccc(CNC(C)(C)CCN)cc1. The van der Waals surface area contributed by atoms with E-state index in [9.17, 15) is 0 Å². The average molecular weight is 250 g/mol. The third-order valence-corrected chi connectivity index (χ3v) is 2.84. The Morgan fingerprint density at radius 2 is 1.83 bits per heavy atom. The van der Waals surface area contributed by atoms with Gasteiger partial charge < -0.3 is 15.8 Å². The Kier molecular flexibility index (Phi) is 5.63. The van der Waals surface area contributed by atoms with E-state index in [1.54, 1.807) is 0 Å². The summed E-state index contributed by atoms with van der Waals surface area (Å²) in [5, 5.41) is 3.52. The number of rotatable bonds is 7. The molecule has 1 rings (SSSR count). The van der Waals surface area contributed by atoms with Gasteiger partial charge >= 0.3 is 0 Å². The molecular formula is C15H26N2O. The normalized spacial score (nSPS) is 11.9. The molecule has 0 spiro atoms. The zero-order valence-corrected chi connectivity index (χ0v) is 12.0. The summed E-state index contributed by atoms with van der Waals surface area (Å²) in [5.41, 5.74) is 6.94. The van der Waals surface area contributed by atoms with Gasteiger partial charge in [0.25, 0.3) is 0 Å². The molecular weight excluding hydrogens is 224 g/mol. The van der Waals surface area contributed by atoms with E-state index in [0.29, 0.717) is 6.54 Å². The third-order valence-electron chi connectivity index (χ3n) is 2.84. The topological polar surface area (TPSA) is 47.3 Å². The van der Waals surface area contributed by atoms with Crippen LogP contribution in [0.1, 0.15) is 39.7 Å². The summed E-state index contributed by atoms with van der Waals surface area (Å²) in [6, 6.07) is 8.24. The zero-order chi connectivity index (χ0) is 13.6. The minimum atomic E-state index is 0.0852. The maximum atomic E-state index is 5.62. The molecule has 0 aliphatic rings. The van der Waals surface area contributed by atoms with Crippen molar-refractivity contribution < 1.29 is 4.74 Å². The van der Waals surface area contributed by atoms with Gasteiger partial charge in [-0.05, 0) is 58.4 Å². The van der Waals surface area contributed by atoms with Gasteiger partial charge in [-0.15, -0.1) is 0 Å². The van der Waals surface area contributed by atoms with Crippen LogP contribution in [0.5, 0.6) is 5.75 Å². The zero-order valence-electron chi connectivity index (χ0n) is 12.0. The maximum absolute atomic E-state index is 5.62. The molecule has 0 radical (unpaired) electrons. The number of hydrogen-bond acceptors (Lipinski definition) is 3. The van der Waals surface area contributed by atoms with Gasteiger partial charge in [-0.1, -0.05) is 12.1 Å². The van der Waals surface area contributed by atoms with Crippen molar-refractivity contribution in [2.24, 2.45) is 5.73 Å². The maximum Gasteiger partial charge on any atom is 0.119 e. The van der Waals surface area contributed by atoms with E-state index < -0.39 is 0 Å². The first kappa shape index (κ1) is 15.0. The second kappa shape index (κ2) is 6.76. The van der Waals surface area contributed by atoms with E-state index >= 15 is 0 Å². The lowest BCUT2D eigenvalue weighted by molar-refractivity contribution is 0.242. The summed E-state index contributed by atoms with van der Waals surface area (Å²) in [4.78, 5) is 0. The number of nitrogens with two attached hydrogens (primary N) is 1. The average Bonchev–Trinajstić information content (AvgIpc) is 2.27. The van der Waals surface area contributed by atoms with Crippen LogP contribution < -0.4 is 15.8 Å². The first-order valence-electron chi connectivity index (χ1n) is 6.63. The third kappa shape index (κ3) is 5.52. The fraction of sp³-hybridized carbons (Fsp3) is 0.600. The van der Waals surface area contributed by atoms with E-state index in [0.717, 1.165) is 18.7 Å². The number of ether oxygens (including phenoxy) is 1. The number of benzene rings is 1. The van der Waals surface area contributed by atoms with Crippen molar-refractivity contribution in [2.75, 3.05) is 6.54 Å². The van der Waals surface area contributed by atoms with Crippen molar-refractivity contribution in [3.63, 3.8) is 0 Å². The molecule has 0 aliphatic carbocycles. The quantitative estimate of drug-likeness (QED) is 0.782. The highest BCUT2D eigenvalue weighted by Crippen LogP contribution is 2.15. The van der Waals surface area contributed by atoms with Crippen molar-refractivity contribution in [2.45, 2.75) is 52.3 Å². The molecule has 3 heteroatoms. The summed E-state index contributed by atoms with van der Waals surface area (Å²) in [6.07, 6.45) is 1.19. The van der Waals surface area contributed by atoms with Crippen molar-refractivity contribution in [3.05, 3.63) is 29.8 Å². The first-order valence-corrected chi connectivity index (χ1v) is 6.63. The van der Waals surface area contributed by atoms with Crippen molar-refractivity contribution in [1.29, 1.82) is 0 Å². The summed E-state index contributed by atoms with van der Waals surface area (Å²) in [5.74, 6) is 0.926. The molecule has 0 unspecified atom stereocenters. The Morgan fingerprint density at radius 3 is 2.33 bits per heavy atom. The van der Waals surface area contributed by atoms with Crippen LogP contribution in [0, 0.1) is 0 Å². The Bertz CT molecular complexity index is 344. The Morgan fingerprint density at radius 1 is 1.22 bits per heavy atom. The molecule has 3 N–H and O–H groups in total. The largest absolute Gasteiger partial charge is 0.491 e.